The van der Waals surface area contributed by atoms with Crippen LogP contribution < -0.4 is 4.74 Å². The van der Waals surface area contributed by atoms with Gasteiger partial charge in [0.2, 0.25) is 0 Å². The Morgan fingerprint density at radius 1 is 1.22 bits per heavy atom. The lowest BCUT2D eigenvalue weighted by molar-refractivity contribution is -0.140. The van der Waals surface area contributed by atoms with Crippen molar-refractivity contribution in [2.75, 3.05) is 13.2 Å². The first-order valence-corrected chi connectivity index (χ1v) is 8.64. The van der Waals surface area contributed by atoms with Crippen LogP contribution >= 0.6 is 0 Å². The lowest BCUT2D eigenvalue weighted by atomic mass is 9.83. The van der Waals surface area contributed by atoms with E-state index in [0.717, 1.165) is 23.8 Å². The Labute approximate surface area is 138 Å². The number of carbonyl (C=O) groups is 1. The second-order valence-corrected chi connectivity index (χ2v) is 6.55. The number of ether oxygens (including phenoxy) is 2. The van der Waals surface area contributed by atoms with Gasteiger partial charge < -0.3 is 14.6 Å². The summed E-state index contributed by atoms with van der Waals surface area (Å²) in [6, 6.07) is 7.63. The van der Waals surface area contributed by atoms with Gasteiger partial charge in [-0.3, -0.25) is 4.79 Å². The number of rotatable bonds is 8. The molecular formula is C19H28O4. The third kappa shape index (κ3) is 5.87. The molecule has 1 atom stereocenters. The molecule has 23 heavy (non-hydrogen) atoms. The van der Waals surface area contributed by atoms with Crippen LogP contribution in [0.25, 0.3) is 0 Å². The minimum absolute atomic E-state index is 0.0195. The fraction of sp³-hybridized carbons (Fsp3) is 0.632. The number of benzene rings is 1. The van der Waals surface area contributed by atoms with Gasteiger partial charge in [0, 0.05) is 6.61 Å². The molecule has 1 saturated carbocycles. The van der Waals surface area contributed by atoms with Crippen molar-refractivity contribution in [3.05, 3.63) is 29.8 Å². The molecule has 0 amide bonds. The summed E-state index contributed by atoms with van der Waals surface area (Å²) in [7, 11) is 0. The van der Waals surface area contributed by atoms with Crippen LogP contribution in [-0.4, -0.2) is 24.3 Å². The third-order valence-electron chi connectivity index (χ3n) is 4.60. The normalized spacial score (nSPS) is 22.5. The molecule has 128 valence electrons. The number of hydrogen-bond donors (Lipinski definition) is 1. The fourth-order valence-corrected chi connectivity index (χ4v) is 3.12. The van der Waals surface area contributed by atoms with Gasteiger partial charge in [0.05, 0.1) is 19.1 Å². The lowest BCUT2D eigenvalue weighted by Gasteiger charge is -2.26. The Morgan fingerprint density at radius 2 is 1.87 bits per heavy atom. The van der Waals surface area contributed by atoms with E-state index >= 15 is 0 Å². The first-order chi connectivity index (χ1) is 11.1. The molecule has 0 radical (unpaired) electrons. The highest BCUT2D eigenvalue weighted by Gasteiger charge is 2.19. The van der Waals surface area contributed by atoms with Crippen molar-refractivity contribution < 1.29 is 19.4 Å². The van der Waals surface area contributed by atoms with Crippen LogP contribution in [-0.2, 0) is 9.53 Å². The van der Waals surface area contributed by atoms with Crippen molar-refractivity contribution in [3.63, 3.8) is 0 Å². The summed E-state index contributed by atoms with van der Waals surface area (Å²) < 4.78 is 11.4. The molecule has 1 N–H and O–H groups in total. The van der Waals surface area contributed by atoms with E-state index < -0.39 is 12.1 Å². The number of carboxylic acid groups (broad SMARTS) is 1. The van der Waals surface area contributed by atoms with Crippen LogP contribution in [0.3, 0.4) is 0 Å². The Balaban J connectivity index is 1.86. The molecule has 1 fully saturated rings. The predicted octanol–water partition coefficient (Wildman–Crippen LogP) is 4.44. The maximum atomic E-state index is 10.9. The van der Waals surface area contributed by atoms with E-state index in [-0.39, 0.29) is 6.42 Å². The molecule has 0 aromatic heterocycles. The maximum absolute atomic E-state index is 10.9. The van der Waals surface area contributed by atoms with E-state index in [9.17, 15) is 4.79 Å². The maximum Gasteiger partial charge on any atom is 0.306 e. The minimum Gasteiger partial charge on any atom is -0.493 e. The molecule has 4 nitrogen and oxygen atoms in total. The third-order valence-corrected chi connectivity index (χ3v) is 4.60. The summed E-state index contributed by atoms with van der Waals surface area (Å²) in [5, 5.41) is 8.97. The largest absolute Gasteiger partial charge is 0.493 e. The monoisotopic (exact) mass is 320 g/mol. The van der Waals surface area contributed by atoms with E-state index in [2.05, 4.69) is 6.92 Å². The molecule has 0 spiro atoms. The van der Waals surface area contributed by atoms with Gasteiger partial charge in [0.15, 0.2) is 0 Å². The standard InChI is InChI=1S/C19H28O4/c1-3-22-18(12-19(20)21)16-8-10-17(11-9-16)23-13-15-6-4-14(2)5-7-15/h8-11,14-15,18H,3-7,12-13H2,1-2H3,(H,20,21)/t14?,15?,18-/m0/s1. The number of hydrogen-bond acceptors (Lipinski definition) is 3. The first kappa shape index (κ1) is 17.8. The van der Waals surface area contributed by atoms with Gasteiger partial charge >= 0.3 is 5.97 Å². The van der Waals surface area contributed by atoms with Gasteiger partial charge in [0.25, 0.3) is 0 Å². The van der Waals surface area contributed by atoms with Crippen LogP contribution in [0.2, 0.25) is 0 Å². The predicted molar refractivity (Wildman–Crippen MR) is 89.7 cm³/mol. The molecule has 0 aliphatic heterocycles. The van der Waals surface area contributed by atoms with E-state index in [1.54, 1.807) is 0 Å². The van der Waals surface area contributed by atoms with Crippen molar-refractivity contribution in [1.82, 2.24) is 0 Å². The van der Waals surface area contributed by atoms with Gasteiger partial charge in [-0.1, -0.05) is 31.9 Å². The van der Waals surface area contributed by atoms with E-state index in [1.807, 2.05) is 31.2 Å². The Kier molecular flexibility index (Phi) is 6.90. The molecular weight excluding hydrogens is 292 g/mol. The number of aliphatic carboxylic acids is 1. The smallest absolute Gasteiger partial charge is 0.306 e. The van der Waals surface area contributed by atoms with E-state index in [4.69, 9.17) is 14.6 Å². The second-order valence-electron chi connectivity index (χ2n) is 6.55. The first-order valence-electron chi connectivity index (χ1n) is 8.64. The molecule has 0 heterocycles. The van der Waals surface area contributed by atoms with Gasteiger partial charge in [-0.05, 0) is 49.3 Å². The topological polar surface area (TPSA) is 55.8 Å². The van der Waals surface area contributed by atoms with Gasteiger partial charge in [-0.15, -0.1) is 0 Å². The number of carboxylic acids is 1. The molecule has 1 aliphatic carbocycles. The summed E-state index contributed by atoms with van der Waals surface area (Å²) in [6.45, 7) is 5.46. The van der Waals surface area contributed by atoms with Crippen molar-refractivity contribution in [1.29, 1.82) is 0 Å². The van der Waals surface area contributed by atoms with Crippen molar-refractivity contribution in [2.24, 2.45) is 11.8 Å². The summed E-state index contributed by atoms with van der Waals surface area (Å²) in [5.74, 6) is 1.51. The molecule has 4 heteroatoms. The highest BCUT2D eigenvalue weighted by atomic mass is 16.5. The van der Waals surface area contributed by atoms with Gasteiger partial charge in [0.1, 0.15) is 5.75 Å². The molecule has 1 aliphatic rings. The van der Waals surface area contributed by atoms with E-state index in [0.29, 0.717) is 12.5 Å². The van der Waals surface area contributed by atoms with Crippen LogP contribution in [0.4, 0.5) is 0 Å². The highest BCUT2D eigenvalue weighted by Crippen LogP contribution is 2.29. The molecule has 1 aromatic rings. The van der Waals surface area contributed by atoms with Crippen molar-refractivity contribution in [2.45, 2.75) is 52.1 Å². The average molecular weight is 320 g/mol. The van der Waals surface area contributed by atoms with Gasteiger partial charge in [-0.2, -0.15) is 0 Å². The second kappa shape index (κ2) is 8.92. The van der Waals surface area contributed by atoms with Crippen molar-refractivity contribution >= 4 is 5.97 Å². The fourth-order valence-electron chi connectivity index (χ4n) is 3.12. The molecule has 0 bridgehead atoms. The highest BCUT2D eigenvalue weighted by molar-refractivity contribution is 5.67. The van der Waals surface area contributed by atoms with Crippen LogP contribution in [0.1, 0.15) is 57.6 Å². The molecule has 1 aromatic carbocycles. The zero-order valence-electron chi connectivity index (χ0n) is 14.2. The van der Waals surface area contributed by atoms with Crippen molar-refractivity contribution in [3.8, 4) is 5.75 Å². The average Bonchev–Trinajstić information content (AvgIpc) is 2.54. The van der Waals surface area contributed by atoms with Crippen LogP contribution in [0, 0.1) is 11.8 Å². The summed E-state index contributed by atoms with van der Waals surface area (Å²) in [5.41, 5.74) is 0.882. The van der Waals surface area contributed by atoms with E-state index in [1.165, 1.54) is 25.7 Å². The summed E-state index contributed by atoms with van der Waals surface area (Å²) in [4.78, 5) is 10.9. The van der Waals surface area contributed by atoms with Gasteiger partial charge in [-0.25, -0.2) is 0 Å². The zero-order valence-corrected chi connectivity index (χ0v) is 14.2. The summed E-state index contributed by atoms with van der Waals surface area (Å²) in [6.07, 6.45) is 4.70. The molecule has 2 rings (SSSR count). The lowest BCUT2D eigenvalue weighted by Crippen LogP contribution is -2.18. The quantitative estimate of drug-likeness (QED) is 0.769. The zero-order chi connectivity index (χ0) is 16.7. The Hall–Kier alpha value is -1.55. The molecule has 0 unspecified atom stereocenters. The molecule has 0 saturated heterocycles. The Bertz CT molecular complexity index is 475. The Morgan fingerprint density at radius 3 is 2.43 bits per heavy atom. The van der Waals surface area contributed by atoms with Crippen LogP contribution in [0.15, 0.2) is 24.3 Å². The van der Waals surface area contributed by atoms with Crippen LogP contribution in [0.5, 0.6) is 5.75 Å². The summed E-state index contributed by atoms with van der Waals surface area (Å²) >= 11 is 0. The minimum atomic E-state index is -0.852. The SMILES string of the molecule is CCO[C@@H](CC(=O)O)c1ccc(OCC2CCC(C)CC2)cc1.